The Morgan fingerprint density at radius 1 is 1.41 bits per heavy atom. The maximum absolute atomic E-state index is 14.0. The second-order valence-corrected chi connectivity index (χ2v) is 5.36. The topological polar surface area (TPSA) is 103 Å². The molecule has 2 aromatic heterocycles. The Bertz CT molecular complexity index is 822. The summed E-state index contributed by atoms with van der Waals surface area (Å²) < 4.78 is 14.0. The number of amides is 1. The van der Waals surface area contributed by atoms with Gasteiger partial charge in [-0.15, -0.1) is 10.2 Å². The Kier molecular flexibility index (Phi) is 2.84. The lowest BCUT2D eigenvalue weighted by molar-refractivity contribution is 0.0495. The number of tetrazole rings is 1. The third kappa shape index (κ3) is 2.01. The minimum absolute atomic E-state index is 0.0734. The highest BCUT2D eigenvalue weighted by Gasteiger charge is 2.34. The maximum atomic E-state index is 14.0. The minimum Gasteiger partial charge on any atom is -0.338 e. The summed E-state index contributed by atoms with van der Waals surface area (Å²) in [4.78, 5) is 14.1. The SMILES string of the molecule is O=C(c1c(F)ccc2[nH]ncc12)N1CC(Cc2nn[nH]n2)C1. The van der Waals surface area contributed by atoms with E-state index in [0.29, 0.717) is 36.2 Å². The second-order valence-electron chi connectivity index (χ2n) is 5.36. The fourth-order valence-corrected chi connectivity index (χ4v) is 2.76. The average molecular weight is 301 g/mol. The van der Waals surface area contributed by atoms with Gasteiger partial charge >= 0.3 is 0 Å². The lowest BCUT2D eigenvalue weighted by Gasteiger charge is -2.39. The molecule has 8 nitrogen and oxygen atoms in total. The molecule has 1 aliphatic rings. The van der Waals surface area contributed by atoms with Crippen molar-refractivity contribution in [1.82, 2.24) is 35.7 Å². The first-order valence-electron chi connectivity index (χ1n) is 6.85. The maximum Gasteiger partial charge on any atom is 0.257 e. The van der Waals surface area contributed by atoms with Crippen LogP contribution >= 0.6 is 0 Å². The van der Waals surface area contributed by atoms with Crippen molar-refractivity contribution in [3.8, 4) is 0 Å². The van der Waals surface area contributed by atoms with E-state index in [2.05, 4.69) is 30.8 Å². The molecule has 4 rings (SSSR count). The molecular weight excluding hydrogens is 289 g/mol. The van der Waals surface area contributed by atoms with Crippen LogP contribution in [0.2, 0.25) is 0 Å². The summed E-state index contributed by atoms with van der Waals surface area (Å²) >= 11 is 0. The number of carbonyl (C=O) groups is 1. The van der Waals surface area contributed by atoms with Gasteiger partial charge in [-0.25, -0.2) is 4.39 Å². The zero-order valence-corrected chi connectivity index (χ0v) is 11.5. The van der Waals surface area contributed by atoms with Gasteiger partial charge in [0.15, 0.2) is 5.82 Å². The van der Waals surface area contributed by atoms with Gasteiger partial charge in [-0.1, -0.05) is 5.21 Å². The molecule has 1 saturated heterocycles. The third-order valence-corrected chi connectivity index (χ3v) is 3.89. The Hall–Kier alpha value is -2.84. The normalized spacial score (nSPS) is 15.2. The zero-order valence-electron chi connectivity index (χ0n) is 11.5. The molecule has 0 atom stereocenters. The number of nitrogens with zero attached hydrogens (tertiary/aromatic N) is 5. The largest absolute Gasteiger partial charge is 0.338 e. The summed E-state index contributed by atoms with van der Waals surface area (Å²) in [5.41, 5.74) is 0.720. The van der Waals surface area contributed by atoms with E-state index < -0.39 is 5.82 Å². The Morgan fingerprint density at radius 3 is 3.05 bits per heavy atom. The van der Waals surface area contributed by atoms with Crippen molar-refractivity contribution in [1.29, 1.82) is 0 Å². The predicted molar refractivity (Wildman–Crippen MR) is 73.3 cm³/mol. The molecule has 2 N–H and O–H groups in total. The number of aromatic nitrogens is 6. The van der Waals surface area contributed by atoms with Gasteiger partial charge in [-0.2, -0.15) is 10.3 Å². The number of likely N-dealkylation sites (tertiary alicyclic amines) is 1. The molecule has 1 amide bonds. The van der Waals surface area contributed by atoms with Crippen LogP contribution < -0.4 is 0 Å². The molecule has 0 bridgehead atoms. The smallest absolute Gasteiger partial charge is 0.257 e. The van der Waals surface area contributed by atoms with Crippen LogP contribution in [-0.4, -0.2) is 54.7 Å². The molecule has 9 heteroatoms. The molecule has 112 valence electrons. The van der Waals surface area contributed by atoms with E-state index >= 15 is 0 Å². The summed E-state index contributed by atoms with van der Waals surface area (Å²) in [6.07, 6.45) is 2.13. The summed E-state index contributed by atoms with van der Waals surface area (Å²) in [6, 6.07) is 2.86. The monoisotopic (exact) mass is 301 g/mol. The van der Waals surface area contributed by atoms with Gasteiger partial charge in [0.2, 0.25) is 0 Å². The highest BCUT2D eigenvalue weighted by atomic mass is 19.1. The van der Waals surface area contributed by atoms with Gasteiger partial charge in [0.05, 0.1) is 17.3 Å². The summed E-state index contributed by atoms with van der Waals surface area (Å²) in [6.45, 7) is 1.11. The molecule has 1 aliphatic heterocycles. The standard InChI is InChI=1S/C13H12FN7O/c14-9-1-2-10-8(4-15-16-10)12(9)13(22)21-5-7(6-21)3-11-17-19-20-18-11/h1-2,4,7H,3,5-6H2,(H,15,16)(H,17,18,19,20). The lowest BCUT2D eigenvalue weighted by atomic mass is 9.94. The van der Waals surface area contributed by atoms with E-state index in [4.69, 9.17) is 0 Å². The molecule has 0 spiro atoms. The number of H-pyrrole nitrogens is 2. The van der Waals surface area contributed by atoms with Crippen molar-refractivity contribution < 1.29 is 9.18 Å². The molecule has 0 radical (unpaired) electrons. The highest BCUT2D eigenvalue weighted by molar-refractivity contribution is 6.06. The van der Waals surface area contributed by atoms with Gasteiger partial charge in [0.1, 0.15) is 5.82 Å². The number of benzene rings is 1. The fraction of sp³-hybridized carbons (Fsp3) is 0.308. The third-order valence-electron chi connectivity index (χ3n) is 3.89. The van der Waals surface area contributed by atoms with Crippen molar-refractivity contribution in [2.45, 2.75) is 6.42 Å². The molecule has 3 aromatic rings. The van der Waals surface area contributed by atoms with Gasteiger partial charge in [0.25, 0.3) is 5.91 Å². The van der Waals surface area contributed by atoms with Crippen molar-refractivity contribution in [2.75, 3.05) is 13.1 Å². The predicted octanol–water partition coefficient (Wildman–Crippen LogP) is 0.530. The molecule has 0 saturated carbocycles. The Morgan fingerprint density at radius 2 is 2.27 bits per heavy atom. The molecular formula is C13H12FN7O. The number of hydrogen-bond donors (Lipinski definition) is 2. The molecule has 0 aliphatic carbocycles. The summed E-state index contributed by atoms with van der Waals surface area (Å²) in [7, 11) is 0. The van der Waals surface area contributed by atoms with Crippen molar-refractivity contribution >= 4 is 16.8 Å². The van der Waals surface area contributed by atoms with Gasteiger partial charge in [-0.3, -0.25) is 9.89 Å². The molecule has 1 aromatic carbocycles. The van der Waals surface area contributed by atoms with Crippen LogP contribution in [0.5, 0.6) is 0 Å². The van der Waals surface area contributed by atoms with Crippen LogP contribution in [0.25, 0.3) is 10.9 Å². The van der Waals surface area contributed by atoms with E-state index in [9.17, 15) is 9.18 Å². The fourth-order valence-electron chi connectivity index (χ4n) is 2.76. The van der Waals surface area contributed by atoms with E-state index in [1.807, 2.05) is 0 Å². The molecule has 0 unspecified atom stereocenters. The molecule has 22 heavy (non-hydrogen) atoms. The van der Waals surface area contributed by atoms with E-state index in [1.54, 1.807) is 11.0 Å². The summed E-state index contributed by atoms with van der Waals surface area (Å²) in [5.74, 6) is 0.0581. The van der Waals surface area contributed by atoms with Crippen LogP contribution in [0.1, 0.15) is 16.2 Å². The lowest BCUT2D eigenvalue weighted by Crippen LogP contribution is -2.51. The zero-order chi connectivity index (χ0) is 15.1. The van der Waals surface area contributed by atoms with Crippen LogP contribution in [0.3, 0.4) is 0 Å². The minimum atomic E-state index is -0.527. The van der Waals surface area contributed by atoms with E-state index in [-0.39, 0.29) is 17.4 Å². The number of nitrogens with one attached hydrogen (secondary N) is 2. The summed E-state index contributed by atoms with van der Waals surface area (Å²) in [5, 5.41) is 20.8. The van der Waals surface area contributed by atoms with Gasteiger partial charge in [-0.05, 0) is 12.1 Å². The van der Waals surface area contributed by atoms with Crippen molar-refractivity contribution in [3.05, 3.63) is 35.5 Å². The van der Waals surface area contributed by atoms with E-state index in [0.717, 1.165) is 0 Å². The van der Waals surface area contributed by atoms with Crippen LogP contribution in [0, 0.1) is 11.7 Å². The number of aromatic amines is 2. The molecule has 1 fully saturated rings. The Labute approximate surface area is 123 Å². The molecule has 3 heterocycles. The van der Waals surface area contributed by atoms with Crippen LogP contribution in [0.15, 0.2) is 18.3 Å². The first kappa shape index (κ1) is 12.9. The van der Waals surface area contributed by atoms with Crippen LogP contribution in [-0.2, 0) is 6.42 Å². The van der Waals surface area contributed by atoms with Crippen LogP contribution in [0.4, 0.5) is 4.39 Å². The number of hydrogen-bond acceptors (Lipinski definition) is 5. The van der Waals surface area contributed by atoms with E-state index in [1.165, 1.54) is 12.3 Å². The first-order chi connectivity index (χ1) is 10.7. The van der Waals surface area contributed by atoms with Gasteiger partial charge in [0, 0.05) is 30.8 Å². The Balaban J connectivity index is 1.51. The number of fused-ring (bicyclic) bond motifs is 1. The van der Waals surface area contributed by atoms with Gasteiger partial charge < -0.3 is 4.90 Å². The highest BCUT2D eigenvalue weighted by Crippen LogP contribution is 2.26. The number of carbonyl (C=O) groups excluding carboxylic acids is 1. The second kappa shape index (κ2) is 4.86. The van der Waals surface area contributed by atoms with Crippen molar-refractivity contribution in [2.24, 2.45) is 5.92 Å². The first-order valence-corrected chi connectivity index (χ1v) is 6.85. The number of halogens is 1. The average Bonchev–Trinajstić information content (AvgIpc) is 3.12. The number of rotatable bonds is 3. The van der Waals surface area contributed by atoms with Crippen molar-refractivity contribution in [3.63, 3.8) is 0 Å². The quantitative estimate of drug-likeness (QED) is 0.734.